The molecule has 0 aliphatic rings. The first-order valence-corrected chi connectivity index (χ1v) is 13.5. The third-order valence-electron chi connectivity index (χ3n) is 6.26. The molecule has 3 aromatic rings. The molecule has 0 radical (unpaired) electrons. The smallest absolute Gasteiger partial charge is 0.304 e. The maximum atomic E-state index is 14.8. The van der Waals surface area contributed by atoms with Gasteiger partial charge in [-0.25, -0.2) is 8.70 Å². The summed E-state index contributed by atoms with van der Waals surface area (Å²) >= 11 is 0. The van der Waals surface area contributed by atoms with Gasteiger partial charge in [-0.05, 0) is 35.7 Å². The van der Waals surface area contributed by atoms with E-state index in [1.165, 1.54) is 44.2 Å². The standard InChI is InChI=1S/C28H33FN4O4S/c1-21-12-8-9-15-23(21)19-32(26(28(35)30-2)18-22-13-6-5-7-14-22)27(34)20-33(38(36,37)31(3)4)25-17-11-10-16-24(25)29/h5-17,26H,18-20H2,1-4H3,(H,30,35)/t26-/m0/s1. The van der Waals surface area contributed by atoms with Crippen molar-refractivity contribution < 1.29 is 22.4 Å². The lowest BCUT2D eigenvalue weighted by Crippen LogP contribution is -2.54. The minimum absolute atomic E-state index is 0.0591. The molecule has 0 fully saturated rings. The van der Waals surface area contributed by atoms with Crippen LogP contribution in [0.3, 0.4) is 0 Å². The highest BCUT2D eigenvalue weighted by molar-refractivity contribution is 7.90. The molecule has 2 amide bonds. The minimum atomic E-state index is -4.26. The first-order valence-electron chi connectivity index (χ1n) is 12.1. The Morgan fingerprint density at radius 3 is 2.13 bits per heavy atom. The van der Waals surface area contributed by atoms with Crippen molar-refractivity contribution in [3.05, 3.63) is 101 Å². The number of halogens is 1. The highest BCUT2D eigenvalue weighted by atomic mass is 32.2. The van der Waals surface area contributed by atoms with E-state index in [0.717, 1.165) is 31.4 Å². The van der Waals surface area contributed by atoms with Gasteiger partial charge in [0, 0.05) is 34.1 Å². The largest absolute Gasteiger partial charge is 0.357 e. The van der Waals surface area contributed by atoms with E-state index in [-0.39, 0.29) is 18.7 Å². The van der Waals surface area contributed by atoms with Crippen LogP contribution in [0.5, 0.6) is 0 Å². The molecule has 0 spiro atoms. The number of aryl methyl sites for hydroxylation is 1. The molecule has 0 heterocycles. The Morgan fingerprint density at radius 1 is 0.921 bits per heavy atom. The number of hydrogen-bond donors (Lipinski definition) is 1. The summed E-state index contributed by atoms with van der Waals surface area (Å²) in [7, 11) is -0.157. The Bertz CT molecular complexity index is 1370. The van der Waals surface area contributed by atoms with Crippen molar-refractivity contribution in [1.29, 1.82) is 0 Å². The number of nitrogens with one attached hydrogen (secondary N) is 1. The van der Waals surface area contributed by atoms with E-state index in [9.17, 15) is 22.4 Å². The van der Waals surface area contributed by atoms with Gasteiger partial charge >= 0.3 is 10.2 Å². The number of benzene rings is 3. The molecular formula is C28H33FN4O4S. The Labute approximate surface area is 223 Å². The lowest BCUT2D eigenvalue weighted by Gasteiger charge is -2.34. The van der Waals surface area contributed by atoms with Gasteiger partial charge in [-0.1, -0.05) is 66.7 Å². The van der Waals surface area contributed by atoms with Crippen molar-refractivity contribution in [2.75, 3.05) is 32.0 Å². The molecule has 0 bridgehead atoms. The van der Waals surface area contributed by atoms with Gasteiger partial charge in [0.05, 0.1) is 5.69 Å². The zero-order chi connectivity index (χ0) is 27.9. The normalized spacial score (nSPS) is 12.2. The predicted molar refractivity (Wildman–Crippen MR) is 146 cm³/mol. The maximum Gasteiger partial charge on any atom is 0.304 e. The van der Waals surface area contributed by atoms with E-state index in [4.69, 9.17) is 0 Å². The molecule has 0 aromatic heterocycles. The van der Waals surface area contributed by atoms with Crippen LogP contribution >= 0.6 is 0 Å². The van der Waals surface area contributed by atoms with Crippen LogP contribution in [0.4, 0.5) is 10.1 Å². The maximum absolute atomic E-state index is 14.8. The first-order chi connectivity index (χ1) is 18.1. The molecular weight excluding hydrogens is 507 g/mol. The molecule has 1 N–H and O–H groups in total. The molecule has 0 aliphatic heterocycles. The first kappa shape index (κ1) is 28.8. The summed E-state index contributed by atoms with van der Waals surface area (Å²) in [6.07, 6.45) is 0.207. The van der Waals surface area contributed by atoms with Crippen molar-refractivity contribution in [2.24, 2.45) is 0 Å². The fraction of sp³-hybridized carbons (Fsp3) is 0.286. The third kappa shape index (κ3) is 6.76. The van der Waals surface area contributed by atoms with Crippen molar-refractivity contribution in [3.8, 4) is 0 Å². The van der Waals surface area contributed by atoms with Gasteiger partial charge in [0.2, 0.25) is 11.8 Å². The number of likely N-dealkylation sites (N-methyl/N-ethyl adjacent to an activating group) is 1. The second kappa shape index (κ2) is 12.7. The van der Waals surface area contributed by atoms with Crippen LogP contribution in [0.1, 0.15) is 16.7 Å². The van der Waals surface area contributed by atoms with E-state index in [0.29, 0.717) is 0 Å². The van der Waals surface area contributed by atoms with Crippen molar-refractivity contribution in [3.63, 3.8) is 0 Å². The monoisotopic (exact) mass is 540 g/mol. The number of carbonyl (C=O) groups is 2. The van der Waals surface area contributed by atoms with E-state index >= 15 is 0 Å². The van der Waals surface area contributed by atoms with Crippen LogP contribution < -0.4 is 9.62 Å². The summed E-state index contributed by atoms with van der Waals surface area (Å²) in [6, 6.07) is 21.1. The molecule has 1 atom stereocenters. The number of amides is 2. The lowest BCUT2D eigenvalue weighted by molar-refractivity contribution is -0.139. The van der Waals surface area contributed by atoms with Crippen LogP contribution in [0.25, 0.3) is 0 Å². The van der Waals surface area contributed by atoms with Crippen molar-refractivity contribution >= 4 is 27.7 Å². The van der Waals surface area contributed by atoms with Crippen LogP contribution in [-0.2, 0) is 32.8 Å². The van der Waals surface area contributed by atoms with Crippen LogP contribution in [-0.4, -0.2) is 63.2 Å². The number of hydrogen-bond acceptors (Lipinski definition) is 4. The van der Waals surface area contributed by atoms with Gasteiger partial charge in [0.15, 0.2) is 0 Å². The highest BCUT2D eigenvalue weighted by Crippen LogP contribution is 2.24. The molecule has 3 rings (SSSR count). The Morgan fingerprint density at radius 2 is 1.53 bits per heavy atom. The summed E-state index contributed by atoms with van der Waals surface area (Å²) in [5.41, 5.74) is 2.28. The molecule has 10 heteroatoms. The average molecular weight is 541 g/mol. The summed E-state index contributed by atoms with van der Waals surface area (Å²) in [5, 5.41) is 2.63. The predicted octanol–water partition coefficient (Wildman–Crippen LogP) is 3.13. The van der Waals surface area contributed by atoms with E-state index in [2.05, 4.69) is 5.32 Å². The molecule has 0 unspecified atom stereocenters. The summed E-state index contributed by atoms with van der Waals surface area (Å²) < 4.78 is 42.9. The van der Waals surface area contributed by atoms with Crippen LogP contribution in [0.15, 0.2) is 78.9 Å². The number of anilines is 1. The topological polar surface area (TPSA) is 90.0 Å². The van der Waals surface area contributed by atoms with Gasteiger partial charge in [0.1, 0.15) is 18.4 Å². The highest BCUT2D eigenvalue weighted by Gasteiger charge is 2.35. The third-order valence-corrected chi connectivity index (χ3v) is 8.07. The second-order valence-electron chi connectivity index (χ2n) is 9.02. The fourth-order valence-corrected chi connectivity index (χ4v) is 5.11. The zero-order valence-corrected chi connectivity index (χ0v) is 22.8. The molecule has 3 aromatic carbocycles. The van der Waals surface area contributed by atoms with Gasteiger partial charge in [-0.2, -0.15) is 12.7 Å². The average Bonchev–Trinajstić information content (AvgIpc) is 2.90. The van der Waals surface area contributed by atoms with Gasteiger partial charge in [0.25, 0.3) is 0 Å². The van der Waals surface area contributed by atoms with Crippen molar-refractivity contribution in [2.45, 2.75) is 25.9 Å². The van der Waals surface area contributed by atoms with E-state index in [1.807, 2.05) is 61.5 Å². The van der Waals surface area contributed by atoms with Gasteiger partial charge in [-0.15, -0.1) is 0 Å². The molecule has 202 valence electrons. The molecule has 0 saturated heterocycles. The van der Waals surface area contributed by atoms with Gasteiger partial charge < -0.3 is 10.2 Å². The van der Waals surface area contributed by atoms with Crippen molar-refractivity contribution in [1.82, 2.24) is 14.5 Å². The Balaban J connectivity index is 2.09. The van der Waals surface area contributed by atoms with Crippen LogP contribution in [0, 0.1) is 12.7 Å². The molecule has 0 saturated carbocycles. The SMILES string of the molecule is CNC(=O)[C@H](Cc1ccccc1)N(Cc1ccccc1C)C(=O)CN(c1ccccc1F)S(=O)(=O)N(C)C. The zero-order valence-electron chi connectivity index (χ0n) is 22.0. The summed E-state index contributed by atoms with van der Waals surface area (Å²) in [4.78, 5) is 28.5. The van der Waals surface area contributed by atoms with E-state index in [1.54, 1.807) is 0 Å². The number of para-hydroxylation sites is 1. The quantitative estimate of drug-likeness (QED) is 0.405. The van der Waals surface area contributed by atoms with E-state index < -0.39 is 40.4 Å². The molecule has 8 nitrogen and oxygen atoms in total. The summed E-state index contributed by atoms with van der Waals surface area (Å²) in [6.45, 7) is 1.26. The Hall–Kier alpha value is -3.76. The molecule has 0 aliphatic carbocycles. The lowest BCUT2D eigenvalue weighted by atomic mass is 10.0. The Kier molecular flexibility index (Phi) is 9.60. The summed E-state index contributed by atoms with van der Waals surface area (Å²) in [5.74, 6) is -1.83. The fourth-order valence-electron chi connectivity index (χ4n) is 4.05. The van der Waals surface area contributed by atoms with Crippen LogP contribution in [0.2, 0.25) is 0 Å². The second-order valence-corrected chi connectivity index (χ2v) is 11.1. The number of nitrogens with zero attached hydrogens (tertiary/aromatic N) is 3. The minimum Gasteiger partial charge on any atom is -0.357 e. The number of carbonyl (C=O) groups excluding carboxylic acids is 2. The number of rotatable bonds is 11. The van der Waals surface area contributed by atoms with Gasteiger partial charge in [-0.3, -0.25) is 9.59 Å². The molecule has 38 heavy (non-hydrogen) atoms.